The highest BCUT2D eigenvalue weighted by Crippen LogP contribution is 2.38. The Morgan fingerprint density at radius 2 is 2.13 bits per heavy atom. The Morgan fingerprint density at radius 3 is 2.90 bits per heavy atom. The monoisotopic (exact) mass is 447 g/mol. The summed E-state index contributed by atoms with van der Waals surface area (Å²) in [4.78, 5) is 28.6. The number of primary amides is 1. The molecule has 2 N–H and O–H groups in total. The maximum Gasteiger partial charge on any atom is 0.240 e. The largest absolute Gasteiger partial charge is 0.368 e. The van der Waals surface area contributed by atoms with E-state index >= 15 is 0 Å². The lowest BCUT2D eigenvalue weighted by Crippen LogP contribution is -2.51. The molecule has 1 saturated heterocycles. The van der Waals surface area contributed by atoms with Crippen LogP contribution in [0.25, 0.3) is 10.7 Å². The summed E-state index contributed by atoms with van der Waals surface area (Å²) >= 11 is 3.19. The van der Waals surface area contributed by atoms with E-state index in [-0.39, 0.29) is 11.7 Å². The first-order valence-electron chi connectivity index (χ1n) is 10.7. The lowest BCUT2D eigenvalue weighted by Gasteiger charge is -2.33. The smallest absolute Gasteiger partial charge is 0.240 e. The van der Waals surface area contributed by atoms with Gasteiger partial charge in [-0.1, -0.05) is 25.1 Å². The number of amides is 2. The van der Waals surface area contributed by atoms with E-state index in [2.05, 4.69) is 23.2 Å². The molecule has 1 aliphatic heterocycles. The van der Waals surface area contributed by atoms with E-state index in [0.29, 0.717) is 18.1 Å². The number of rotatable bonds is 6. The molecule has 2 aromatic heterocycles. The Morgan fingerprint density at radius 1 is 1.30 bits per heavy atom. The van der Waals surface area contributed by atoms with Crippen LogP contribution in [0.15, 0.2) is 11.2 Å². The van der Waals surface area contributed by atoms with Crippen LogP contribution in [0.4, 0.5) is 0 Å². The van der Waals surface area contributed by atoms with Crippen molar-refractivity contribution in [3.63, 3.8) is 0 Å². The van der Waals surface area contributed by atoms with Gasteiger partial charge < -0.3 is 15.2 Å². The van der Waals surface area contributed by atoms with Crippen LogP contribution in [0.2, 0.25) is 0 Å². The molecule has 2 atom stereocenters. The highest BCUT2D eigenvalue weighted by atomic mass is 32.2. The molecule has 0 aromatic carbocycles. The highest BCUT2D eigenvalue weighted by Gasteiger charge is 2.31. The number of nitrogens with two attached hydrogens (primary N) is 1. The molecule has 0 radical (unpaired) electrons. The van der Waals surface area contributed by atoms with Crippen LogP contribution >= 0.6 is 23.1 Å². The topological polar surface area (TPSA) is 94.1 Å². The zero-order chi connectivity index (χ0) is 21.3. The van der Waals surface area contributed by atoms with Crippen LogP contribution in [0.5, 0.6) is 0 Å². The van der Waals surface area contributed by atoms with E-state index < -0.39 is 11.9 Å². The van der Waals surface area contributed by atoms with Crippen LogP contribution in [-0.2, 0) is 29.5 Å². The molecular weight excluding hydrogens is 418 g/mol. The van der Waals surface area contributed by atoms with Crippen LogP contribution in [0.3, 0.4) is 0 Å². The first-order chi connectivity index (χ1) is 14.5. The number of thioether (sulfide) groups is 1. The van der Waals surface area contributed by atoms with Crippen molar-refractivity contribution in [2.75, 3.05) is 12.3 Å². The van der Waals surface area contributed by atoms with Crippen molar-refractivity contribution >= 4 is 34.9 Å². The number of nitrogens with zero attached hydrogens (tertiary/aromatic N) is 4. The third-order valence-electron chi connectivity index (χ3n) is 6.29. The fourth-order valence-corrected chi connectivity index (χ4v) is 6.47. The van der Waals surface area contributed by atoms with Gasteiger partial charge in [0.25, 0.3) is 0 Å². The summed E-state index contributed by atoms with van der Waals surface area (Å²) in [6.45, 7) is 2.86. The summed E-state index contributed by atoms with van der Waals surface area (Å²) in [6, 6.07) is 1.79. The number of likely N-dealkylation sites (tertiary alicyclic amines) is 1. The Labute approximate surface area is 185 Å². The van der Waals surface area contributed by atoms with Crippen molar-refractivity contribution in [1.82, 2.24) is 19.7 Å². The molecule has 2 aliphatic rings. The SMILES string of the molecule is CCC1CCc2sc(-c3nnc(SCC(=O)N4CCCCC4C(N)=O)n3C)cc2C1. The average Bonchev–Trinajstić information content (AvgIpc) is 3.34. The van der Waals surface area contributed by atoms with Gasteiger partial charge in [0.05, 0.1) is 10.6 Å². The number of carbonyl (C=O) groups is 2. The summed E-state index contributed by atoms with van der Waals surface area (Å²) in [5.41, 5.74) is 6.95. The van der Waals surface area contributed by atoms with E-state index in [1.54, 1.807) is 4.90 Å². The second kappa shape index (κ2) is 9.09. The number of hydrogen-bond acceptors (Lipinski definition) is 6. The van der Waals surface area contributed by atoms with Gasteiger partial charge in [0, 0.05) is 18.5 Å². The lowest BCUT2D eigenvalue weighted by molar-refractivity contribution is -0.138. The van der Waals surface area contributed by atoms with Gasteiger partial charge >= 0.3 is 0 Å². The van der Waals surface area contributed by atoms with Crippen molar-refractivity contribution in [3.8, 4) is 10.7 Å². The summed E-state index contributed by atoms with van der Waals surface area (Å²) in [5.74, 6) is 1.39. The molecule has 4 rings (SSSR count). The number of thiophene rings is 1. The molecule has 0 bridgehead atoms. The van der Waals surface area contributed by atoms with E-state index in [4.69, 9.17) is 5.73 Å². The maximum absolute atomic E-state index is 12.7. The number of aromatic nitrogens is 3. The summed E-state index contributed by atoms with van der Waals surface area (Å²) in [5, 5.41) is 9.44. The highest BCUT2D eigenvalue weighted by molar-refractivity contribution is 7.99. The molecule has 1 aliphatic carbocycles. The molecule has 9 heteroatoms. The second-order valence-electron chi connectivity index (χ2n) is 8.23. The lowest BCUT2D eigenvalue weighted by atomic mass is 9.87. The normalized spacial score (nSPS) is 21.5. The van der Waals surface area contributed by atoms with Crippen LogP contribution in [0, 0.1) is 5.92 Å². The Kier molecular flexibility index (Phi) is 6.48. The molecule has 30 heavy (non-hydrogen) atoms. The van der Waals surface area contributed by atoms with Crippen molar-refractivity contribution in [2.45, 2.75) is 63.1 Å². The van der Waals surface area contributed by atoms with Crippen molar-refractivity contribution < 1.29 is 9.59 Å². The van der Waals surface area contributed by atoms with Gasteiger partial charge in [-0.15, -0.1) is 21.5 Å². The summed E-state index contributed by atoms with van der Waals surface area (Å²) in [6.07, 6.45) is 7.32. The third kappa shape index (κ3) is 4.27. The minimum Gasteiger partial charge on any atom is -0.368 e. The first-order valence-corrected chi connectivity index (χ1v) is 12.5. The van der Waals surface area contributed by atoms with Crippen molar-refractivity contribution in [1.29, 1.82) is 0 Å². The predicted octanol–water partition coefficient (Wildman–Crippen LogP) is 3.02. The molecular formula is C21H29N5O2S2. The van der Waals surface area contributed by atoms with Gasteiger partial charge in [-0.2, -0.15) is 0 Å². The van der Waals surface area contributed by atoms with Gasteiger partial charge in [0.2, 0.25) is 11.8 Å². The van der Waals surface area contributed by atoms with E-state index in [1.165, 1.54) is 35.0 Å². The molecule has 3 heterocycles. The number of aryl methyl sites for hydroxylation is 1. The molecule has 0 spiro atoms. The Bertz CT molecular complexity index is 938. The van der Waals surface area contributed by atoms with Gasteiger partial charge in [0.1, 0.15) is 6.04 Å². The first kappa shape index (κ1) is 21.4. The van der Waals surface area contributed by atoms with E-state index in [1.807, 2.05) is 23.0 Å². The molecule has 2 amide bonds. The van der Waals surface area contributed by atoms with Gasteiger partial charge in [-0.3, -0.25) is 9.59 Å². The van der Waals surface area contributed by atoms with Gasteiger partial charge in [0.15, 0.2) is 11.0 Å². The molecule has 1 fully saturated rings. The summed E-state index contributed by atoms with van der Waals surface area (Å²) < 4.78 is 1.97. The Hall–Kier alpha value is -1.87. The van der Waals surface area contributed by atoms with Crippen molar-refractivity contribution in [3.05, 3.63) is 16.5 Å². The van der Waals surface area contributed by atoms with Gasteiger partial charge in [-0.25, -0.2) is 0 Å². The Balaban J connectivity index is 1.43. The number of piperidine rings is 1. The van der Waals surface area contributed by atoms with Crippen LogP contribution in [0.1, 0.15) is 49.5 Å². The fraction of sp³-hybridized carbons (Fsp3) is 0.619. The predicted molar refractivity (Wildman–Crippen MR) is 119 cm³/mol. The van der Waals surface area contributed by atoms with E-state index in [0.717, 1.165) is 42.3 Å². The third-order valence-corrected chi connectivity index (χ3v) is 8.53. The maximum atomic E-state index is 12.7. The fourth-order valence-electron chi connectivity index (χ4n) is 4.45. The molecule has 2 aromatic rings. The minimum atomic E-state index is -0.480. The standard InChI is InChI=1S/C21H29N5O2S2/c1-3-13-7-8-16-14(10-13)11-17(30-16)20-23-24-21(25(20)2)29-12-18(27)26-9-5-4-6-15(26)19(22)28/h11,13,15H,3-10,12H2,1-2H3,(H2,22,28). The number of fused-ring (bicyclic) bond motifs is 1. The zero-order valence-electron chi connectivity index (χ0n) is 17.6. The van der Waals surface area contributed by atoms with Gasteiger partial charge in [-0.05, 0) is 56.1 Å². The minimum absolute atomic E-state index is 0.0646. The van der Waals surface area contributed by atoms with Crippen LogP contribution in [-0.4, -0.2) is 49.8 Å². The zero-order valence-corrected chi connectivity index (χ0v) is 19.2. The molecule has 162 valence electrons. The van der Waals surface area contributed by atoms with Crippen LogP contribution < -0.4 is 5.73 Å². The number of hydrogen-bond donors (Lipinski definition) is 1. The van der Waals surface area contributed by atoms with Crippen molar-refractivity contribution in [2.24, 2.45) is 18.7 Å². The quantitative estimate of drug-likeness (QED) is 0.687. The average molecular weight is 448 g/mol. The molecule has 7 nitrogen and oxygen atoms in total. The molecule has 2 unspecified atom stereocenters. The molecule has 0 saturated carbocycles. The van der Waals surface area contributed by atoms with E-state index in [9.17, 15) is 9.59 Å². The second-order valence-corrected chi connectivity index (χ2v) is 10.3. The number of carbonyl (C=O) groups excluding carboxylic acids is 2. The summed E-state index contributed by atoms with van der Waals surface area (Å²) in [7, 11) is 1.95.